The Kier molecular flexibility index (Phi) is 3.26. The zero-order chi connectivity index (χ0) is 13.9. The molecule has 2 aromatic carbocycles. The fraction of sp³-hybridized carbons (Fsp3) is 0. The molecule has 0 amide bonds. The van der Waals surface area contributed by atoms with Gasteiger partial charge in [0.25, 0.3) is 0 Å². The molecule has 4 nitrogen and oxygen atoms in total. The Morgan fingerprint density at radius 3 is 2.00 bits per heavy atom. The molecule has 3 rings (SSSR count). The highest BCUT2D eigenvalue weighted by molar-refractivity contribution is 7.18. The molecular weight excluding hydrogens is 270 g/mol. The van der Waals surface area contributed by atoms with Crippen molar-refractivity contribution in [1.29, 1.82) is 0 Å². The van der Waals surface area contributed by atoms with Crippen LogP contribution >= 0.6 is 11.3 Å². The number of rotatable bonds is 3. The van der Waals surface area contributed by atoms with Crippen LogP contribution in [-0.2, 0) is 0 Å². The van der Waals surface area contributed by atoms with Crippen molar-refractivity contribution in [2.24, 2.45) is 0 Å². The van der Waals surface area contributed by atoms with Crippen molar-refractivity contribution in [3.8, 4) is 21.9 Å². The van der Waals surface area contributed by atoms with E-state index in [4.69, 9.17) is 16.2 Å². The molecule has 0 radical (unpaired) electrons. The first-order valence-electron chi connectivity index (χ1n) is 6.06. The van der Waals surface area contributed by atoms with Gasteiger partial charge < -0.3 is 16.2 Å². The van der Waals surface area contributed by atoms with E-state index in [1.54, 1.807) is 6.20 Å². The van der Waals surface area contributed by atoms with Crippen molar-refractivity contribution >= 4 is 22.2 Å². The lowest BCUT2D eigenvalue weighted by Gasteiger charge is -2.06. The predicted molar refractivity (Wildman–Crippen MR) is 82.9 cm³/mol. The highest BCUT2D eigenvalue weighted by Crippen LogP contribution is 2.30. The molecule has 0 saturated heterocycles. The van der Waals surface area contributed by atoms with Crippen molar-refractivity contribution in [2.75, 3.05) is 11.5 Å². The van der Waals surface area contributed by atoms with Crippen molar-refractivity contribution < 1.29 is 4.74 Å². The first-order valence-corrected chi connectivity index (χ1v) is 6.87. The van der Waals surface area contributed by atoms with Gasteiger partial charge in [0.15, 0.2) is 5.13 Å². The number of nitrogens with two attached hydrogens (primary N) is 2. The van der Waals surface area contributed by atoms with E-state index in [0.29, 0.717) is 5.13 Å². The molecule has 1 heterocycles. The molecule has 0 unspecified atom stereocenters. The molecule has 5 heteroatoms. The van der Waals surface area contributed by atoms with Crippen LogP contribution in [0.25, 0.3) is 10.4 Å². The molecule has 3 aromatic rings. The average molecular weight is 283 g/mol. The summed E-state index contributed by atoms with van der Waals surface area (Å²) in [6, 6.07) is 15.1. The van der Waals surface area contributed by atoms with Gasteiger partial charge in [-0.25, -0.2) is 4.98 Å². The van der Waals surface area contributed by atoms with E-state index in [0.717, 1.165) is 27.6 Å². The largest absolute Gasteiger partial charge is 0.457 e. The Balaban J connectivity index is 1.77. The van der Waals surface area contributed by atoms with Gasteiger partial charge in [-0.3, -0.25) is 0 Å². The van der Waals surface area contributed by atoms with E-state index in [9.17, 15) is 0 Å². The summed E-state index contributed by atoms with van der Waals surface area (Å²) >= 11 is 1.46. The number of hydrogen-bond donors (Lipinski definition) is 2. The third-order valence-corrected chi connectivity index (χ3v) is 3.65. The lowest BCUT2D eigenvalue weighted by Crippen LogP contribution is -1.86. The molecule has 100 valence electrons. The van der Waals surface area contributed by atoms with Crippen LogP contribution in [0.15, 0.2) is 54.7 Å². The minimum Gasteiger partial charge on any atom is -0.457 e. The average Bonchev–Trinajstić information content (AvgIpc) is 2.89. The zero-order valence-corrected chi connectivity index (χ0v) is 11.4. The maximum absolute atomic E-state index is 5.74. The highest BCUT2D eigenvalue weighted by atomic mass is 32.1. The van der Waals surface area contributed by atoms with Crippen molar-refractivity contribution in [3.05, 3.63) is 54.7 Å². The lowest BCUT2D eigenvalue weighted by atomic mass is 10.2. The van der Waals surface area contributed by atoms with E-state index < -0.39 is 0 Å². The standard InChI is InChI=1S/C15H13N3OS/c16-11-3-7-13(8-4-11)19-12-5-1-10(2-6-12)14-9-18-15(17)20-14/h1-9H,16H2,(H2,17,18). The monoisotopic (exact) mass is 283 g/mol. The number of aromatic nitrogens is 1. The summed E-state index contributed by atoms with van der Waals surface area (Å²) in [6.45, 7) is 0. The van der Waals surface area contributed by atoms with E-state index in [2.05, 4.69) is 4.98 Å². The number of ether oxygens (including phenoxy) is 1. The lowest BCUT2D eigenvalue weighted by molar-refractivity contribution is 0.483. The number of nitrogens with zero attached hydrogens (tertiary/aromatic N) is 1. The highest BCUT2D eigenvalue weighted by Gasteiger charge is 2.03. The van der Waals surface area contributed by atoms with Gasteiger partial charge in [-0.15, -0.1) is 0 Å². The molecule has 20 heavy (non-hydrogen) atoms. The Bertz CT molecular complexity index is 705. The molecule has 0 aliphatic heterocycles. The molecule has 0 fully saturated rings. The van der Waals surface area contributed by atoms with Gasteiger partial charge >= 0.3 is 0 Å². The minimum absolute atomic E-state index is 0.571. The minimum atomic E-state index is 0.571. The van der Waals surface area contributed by atoms with Gasteiger partial charge in [-0.1, -0.05) is 11.3 Å². The van der Waals surface area contributed by atoms with Crippen LogP contribution in [0.3, 0.4) is 0 Å². The molecule has 0 saturated carbocycles. The molecule has 0 aliphatic carbocycles. The number of nitrogen functional groups attached to an aromatic ring is 2. The first-order chi connectivity index (χ1) is 9.70. The number of hydrogen-bond acceptors (Lipinski definition) is 5. The first kappa shape index (κ1) is 12.5. The van der Waals surface area contributed by atoms with Gasteiger partial charge in [0, 0.05) is 11.9 Å². The summed E-state index contributed by atoms with van der Waals surface area (Å²) in [4.78, 5) is 5.09. The van der Waals surface area contributed by atoms with Crippen LogP contribution in [0.2, 0.25) is 0 Å². The SMILES string of the molecule is Nc1ccc(Oc2ccc(-c3cnc(N)s3)cc2)cc1. The summed E-state index contributed by atoms with van der Waals surface area (Å²) in [5.74, 6) is 1.53. The van der Waals surface area contributed by atoms with Crippen molar-refractivity contribution in [3.63, 3.8) is 0 Å². The molecule has 0 aliphatic rings. The van der Waals surface area contributed by atoms with E-state index in [1.807, 2.05) is 48.5 Å². The smallest absolute Gasteiger partial charge is 0.180 e. The van der Waals surface area contributed by atoms with Crippen LogP contribution in [0.5, 0.6) is 11.5 Å². The summed E-state index contributed by atoms with van der Waals surface area (Å²) < 4.78 is 5.74. The fourth-order valence-electron chi connectivity index (χ4n) is 1.78. The normalized spacial score (nSPS) is 10.4. The van der Waals surface area contributed by atoms with Gasteiger partial charge in [0.1, 0.15) is 11.5 Å². The Hall–Kier alpha value is -2.53. The number of thiazole rings is 1. The quantitative estimate of drug-likeness (QED) is 0.718. The topological polar surface area (TPSA) is 74.2 Å². The van der Waals surface area contributed by atoms with Crippen LogP contribution in [0.4, 0.5) is 10.8 Å². The molecule has 0 spiro atoms. The van der Waals surface area contributed by atoms with Crippen LogP contribution in [0, 0.1) is 0 Å². The Morgan fingerprint density at radius 1 is 0.850 bits per heavy atom. The van der Waals surface area contributed by atoms with Crippen LogP contribution in [-0.4, -0.2) is 4.98 Å². The predicted octanol–water partition coefficient (Wildman–Crippen LogP) is 3.77. The third-order valence-electron chi connectivity index (χ3n) is 2.78. The van der Waals surface area contributed by atoms with Crippen molar-refractivity contribution in [1.82, 2.24) is 4.98 Å². The van der Waals surface area contributed by atoms with E-state index in [1.165, 1.54) is 11.3 Å². The van der Waals surface area contributed by atoms with Gasteiger partial charge in [-0.05, 0) is 54.1 Å². The molecular formula is C15H13N3OS. The van der Waals surface area contributed by atoms with Crippen LogP contribution < -0.4 is 16.2 Å². The maximum Gasteiger partial charge on any atom is 0.180 e. The van der Waals surface area contributed by atoms with Crippen LogP contribution in [0.1, 0.15) is 0 Å². The fourth-order valence-corrected chi connectivity index (χ4v) is 2.47. The number of benzene rings is 2. The second-order valence-electron chi connectivity index (χ2n) is 4.26. The van der Waals surface area contributed by atoms with Gasteiger partial charge in [0.05, 0.1) is 4.88 Å². The second-order valence-corrected chi connectivity index (χ2v) is 5.32. The maximum atomic E-state index is 5.74. The molecule has 1 aromatic heterocycles. The summed E-state index contributed by atoms with van der Waals surface area (Å²) in [6.07, 6.45) is 1.77. The molecule has 0 atom stereocenters. The van der Waals surface area contributed by atoms with Gasteiger partial charge in [-0.2, -0.15) is 0 Å². The van der Waals surface area contributed by atoms with Crippen molar-refractivity contribution in [2.45, 2.75) is 0 Å². The molecule has 4 N–H and O–H groups in total. The second kappa shape index (κ2) is 5.22. The summed E-state index contributed by atoms with van der Waals surface area (Å²) in [7, 11) is 0. The number of anilines is 2. The van der Waals surface area contributed by atoms with E-state index in [-0.39, 0.29) is 0 Å². The van der Waals surface area contributed by atoms with Gasteiger partial charge in [0.2, 0.25) is 0 Å². The third kappa shape index (κ3) is 2.73. The summed E-state index contributed by atoms with van der Waals surface area (Å²) in [5.41, 5.74) is 13.1. The Morgan fingerprint density at radius 2 is 1.45 bits per heavy atom. The zero-order valence-electron chi connectivity index (χ0n) is 10.6. The van der Waals surface area contributed by atoms with E-state index >= 15 is 0 Å². The summed E-state index contributed by atoms with van der Waals surface area (Å²) in [5, 5.41) is 0.571. The molecule has 0 bridgehead atoms. The Labute approximate surface area is 120 Å².